The number of carbonyl (C=O) groups excluding carboxylic acids is 1. The van der Waals surface area contributed by atoms with Gasteiger partial charge in [-0.3, -0.25) is 4.79 Å². The standard InChI is InChI=1S/C6H9NO4/c1-2(8)3-4(6(10)11)7-5(3)9/h2-4,8H,1H3,(H,7,9)(H,10,11). The molecule has 0 aromatic rings. The molecule has 0 aliphatic carbocycles. The van der Waals surface area contributed by atoms with Crippen molar-refractivity contribution in [2.75, 3.05) is 0 Å². The van der Waals surface area contributed by atoms with Gasteiger partial charge in [0.2, 0.25) is 5.91 Å². The molecule has 1 fully saturated rings. The molecule has 3 N–H and O–H groups in total. The van der Waals surface area contributed by atoms with Crippen LogP contribution in [0.15, 0.2) is 0 Å². The van der Waals surface area contributed by atoms with Crippen LogP contribution in [-0.4, -0.2) is 34.2 Å². The minimum Gasteiger partial charge on any atom is -0.480 e. The molecule has 0 radical (unpaired) electrons. The second-order valence-corrected chi connectivity index (χ2v) is 2.59. The monoisotopic (exact) mass is 159 g/mol. The highest BCUT2D eigenvalue weighted by atomic mass is 16.4. The molecule has 1 saturated heterocycles. The van der Waals surface area contributed by atoms with Gasteiger partial charge in [0.05, 0.1) is 12.0 Å². The summed E-state index contributed by atoms with van der Waals surface area (Å²) in [5, 5.41) is 19.6. The number of carbonyl (C=O) groups is 2. The van der Waals surface area contributed by atoms with Crippen LogP contribution in [0.5, 0.6) is 0 Å². The molecule has 1 heterocycles. The summed E-state index contributed by atoms with van der Waals surface area (Å²) >= 11 is 0. The zero-order chi connectivity index (χ0) is 8.59. The third-order valence-electron chi connectivity index (χ3n) is 1.75. The van der Waals surface area contributed by atoms with Gasteiger partial charge in [-0.1, -0.05) is 0 Å². The molecule has 3 atom stereocenters. The van der Waals surface area contributed by atoms with Gasteiger partial charge in [-0.15, -0.1) is 0 Å². The summed E-state index contributed by atoms with van der Waals surface area (Å²) in [6.07, 6.45) is -0.898. The van der Waals surface area contributed by atoms with Gasteiger partial charge in [0.15, 0.2) is 0 Å². The van der Waals surface area contributed by atoms with E-state index in [1.807, 2.05) is 0 Å². The van der Waals surface area contributed by atoms with E-state index in [0.29, 0.717) is 0 Å². The summed E-state index contributed by atoms with van der Waals surface area (Å²) in [6, 6.07) is -0.914. The largest absolute Gasteiger partial charge is 0.480 e. The molecule has 1 aliphatic rings. The highest BCUT2D eigenvalue weighted by molar-refractivity contribution is 5.96. The van der Waals surface area contributed by atoms with Crippen molar-refractivity contribution >= 4 is 11.9 Å². The van der Waals surface area contributed by atoms with Gasteiger partial charge in [0.1, 0.15) is 6.04 Å². The van der Waals surface area contributed by atoms with E-state index in [2.05, 4.69) is 5.32 Å². The number of hydrogen-bond acceptors (Lipinski definition) is 3. The zero-order valence-corrected chi connectivity index (χ0v) is 5.94. The molecule has 5 heteroatoms. The first-order valence-electron chi connectivity index (χ1n) is 3.25. The van der Waals surface area contributed by atoms with Gasteiger partial charge < -0.3 is 15.5 Å². The van der Waals surface area contributed by atoms with E-state index in [-0.39, 0.29) is 0 Å². The van der Waals surface area contributed by atoms with Crippen molar-refractivity contribution in [2.45, 2.75) is 19.1 Å². The van der Waals surface area contributed by atoms with Crippen molar-refractivity contribution < 1.29 is 19.8 Å². The Morgan fingerprint density at radius 3 is 2.45 bits per heavy atom. The summed E-state index contributed by atoms with van der Waals surface area (Å²) in [5.41, 5.74) is 0. The van der Waals surface area contributed by atoms with Crippen LogP contribution < -0.4 is 5.32 Å². The molecule has 0 bridgehead atoms. The highest BCUT2D eigenvalue weighted by Gasteiger charge is 2.46. The first-order chi connectivity index (χ1) is 5.04. The van der Waals surface area contributed by atoms with Crippen molar-refractivity contribution in [1.82, 2.24) is 5.32 Å². The molecular formula is C6H9NO4. The third-order valence-corrected chi connectivity index (χ3v) is 1.75. The van der Waals surface area contributed by atoms with Crippen LogP contribution in [0.25, 0.3) is 0 Å². The smallest absolute Gasteiger partial charge is 0.327 e. The maximum Gasteiger partial charge on any atom is 0.327 e. The van der Waals surface area contributed by atoms with Crippen molar-refractivity contribution in [3.63, 3.8) is 0 Å². The predicted molar refractivity (Wildman–Crippen MR) is 34.7 cm³/mol. The Balaban J connectivity index is 2.62. The van der Waals surface area contributed by atoms with Gasteiger partial charge in [-0.05, 0) is 6.92 Å². The van der Waals surface area contributed by atoms with Crippen molar-refractivity contribution in [3.05, 3.63) is 0 Å². The first kappa shape index (κ1) is 8.00. The molecule has 11 heavy (non-hydrogen) atoms. The summed E-state index contributed by atoms with van der Waals surface area (Å²) in [4.78, 5) is 21.0. The van der Waals surface area contributed by atoms with Gasteiger partial charge in [-0.2, -0.15) is 0 Å². The number of β-lactam (4-membered cyclic amide) rings is 1. The Kier molecular flexibility index (Phi) is 1.82. The predicted octanol–water partition coefficient (Wildman–Crippen LogP) is -1.43. The molecule has 5 nitrogen and oxygen atoms in total. The molecule has 0 saturated carbocycles. The van der Waals surface area contributed by atoms with Crippen LogP contribution in [0, 0.1) is 5.92 Å². The van der Waals surface area contributed by atoms with Gasteiger partial charge in [0, 0.05) is 0 Å². The van der Waals surface area contributed by atoms with Crippen molar-refractivity contribution in [3.8, 4) is 0 Å². The molecule has 0 aromatic carbocycles. The van der Waals surface area contributed by atoms with Crippen LogP contribution in [0.1, 0.15) is 6.92 Å². The van der Waals surface area contributed by atoms with Crippen LogP contribution in [-0.2, 0) is 9.59 Å². The Morgan fingerprint density at radius 1 is 1.73 bits per heavy atom. The topological polar surface area (TPSA) is 86.6 Å². The fourth-order valence-corrected chi connectivity index (χ4v) is 1.11. The second kappa shape index (κ2) is 2.50. The number of amides is 1. The van der Waals surface area contributed by atoms with E-state index in [9.17, 15) is 9.59 Å². The average Bonchev–Trinajstić information content (AvgIpc) is 1.80. The number of nitrogens with one attached hydrogen (secondary N) is 1. The number of hydrogen-bond donors (Lipinski definition) is 3. The van der Waals surface area contributed by atoms with E-state index in [1.54, 1.807) is 0 Å². The lowest BCUT2D eigenvalue weighted by atomic mass is 9.86. The highest BCUT2D eigenvalue weighted by Crippen LogP contribution is 2.18. The molecular weight excluding hydrogens is 150 g/mol. The van der Waals surface area contributed by atoms with Crippen molar-refractivity contribution in [2.24, 2.45) is 5.92 Å². The summed E-state index contributed by atoms with van der Waals surface area (Å²) in [7, 11) is 0. The Hall–Kier alpha value is -1.10. The van der Waals surface area contributed by atoms with Crippen LogP contribution in [0.4, 0.5) is 0 Å². The molecule has 1 aliphatic heterocycles. The number of rotatable bonds is 2. The average molecular weight is 159 g/mol. The van der Waals surface area contributed by atoms with Crippen LogP contribution in [0.3, 0.4) is 0 Å². The second-order valence-electron chi connectivity index (χ2n) is 2.59. The normalized spacial score (nSPS) is 32.0. The molecule has 3 unspecified atom stereocenters. The summed E-state index contributed by atoms with van der Waals surface area (Å²) < 4.78 is 0. The van der Waals surface area contributed by atoms with E-state index >= 15 is 0 Å². The Bertz CT molecular complexity index is 201. The van der Waals surface area contributed by atoms with E-state index in [4.69, 9.17) is 10.2 Å². The lowest BCUT2D eigenvalue weighted by molar-refractivity contribution is -0.157. The van der Waals surface area contributed by atoms with Gasteiger partial charge in [-0.25, -0.2) is 4.79 Å². The van der Waals surface area contributed by atoms with E-state index in [1.165, 1.54) is 6.92 Å². The van der Waals surface area contributed by atoms with Crippen LogP contribution in [0.2, 0.25) is 0 Å². The van der Waals surface area contributed by atoms with Crippen molar-refractivity contribution in [1.29, 1.82) is 0 Å². The number of aliphatic hydroxyl groups excluding tert-OH is 1. The summed E-state index contributed by atoms with van der Waals surface area (Å²) in [6.45, 7) is 1.40. The molecule has 1 amide bonds. The number of carboxylic acids is 1. The first-order valence-corrected chi connectivity index (χ1v) is 3.25. The lowest BCUT2D eigenvalue weighted by Gasteiger charge is -2.35. The molecule has 1 rings (SSSR count). The SMILES string of the molecule is CC(O)C1C(=O)NC1C(=O)O. The Morgan fingerprint density at radius 2 is 2.27 bits per heavy atom. The molecule has 0 aromatic heterocycles. The van der Waals surface area contributed by atoms with E-state index in [0.717, 1.165) is 0 Å². The fraction of sp³-hybridized carbons (Fsp3) is 0.667. The molecule has 0 spiro atoms. The van der Waals surface area contributed by atoms with E-state index < -0.39 is 29.9 Å². The maximum atomic E-state index is 10.7. The number of aliphatic carboxylic acids is 1. The number of carboxylic acid groups (broad SMARTS) is 1. The van der Waals surface area contributed by atoms with Crippen LogP contribution >= 0.6 is 0 Å². The zero-order valence-electron chi connectivity index (χ0n) is 5.94. The third kappa shape index (κ3) is 1.19. The lowest BCUT2D eigenvalue weighted by Crippen LogP contribution is -2.65. The minimum atomic E-state index is -1.10. The summed E-state index contributed by atoms with van der Waals surface area (Å²) in [5.74, 6) is -2.28. The minimum absolute atomic E-state index is 0.396. The van der Waals surface area contributed by atoms with Gasteiger partial charge in [0.25, 0.3) is 0 Å². The van der Waals surface area contributed by atoms with Gasteiger partial charge >= 0.3 is 5.97 Å². The molecule has 62 valence electrons. The quantitative estimate of drug-likeness (QED) is 0.431. The Labute approximate surface area is 63.0 Å². The number of aliphatic hydroxyl groups is 1. The maximum absolute atomic E-state index is 10.7. The fourth-order valence-electron chi connectivity index (χ4n) is 1.11.